The molecule has 0 aliphatic rings. The normalized spacial score (nSPS) is 10.9. The lowest BCUT2D eigenvalue weighted by Crippen LogP contribution is -2.30. The highest BCUT2D eigenvalue weighted by atomic mass is 15.1. The van der Waals surface area contributed by atoms with Gasteiger partial charge in [0.15, 0.2) is 6.20 Å². The summed E-state index contributed by atoms with van der Waals surface area (Å²) >= 11 is 0. The molecule has 20 heavy (non-hydrogen) atoms. The van der Waals surface area contributed by atoms with E-state index in [-0.39, 0.29) is 0 Å². The van der Waals surface area contributed by atoms with Crippen LogP contribution in [0.4, 0.5) is 5.69 Å². The molecule has 0 aliphatic carbocycles. The highest BCUT2D eigenvalue weighted by molar-refractivity contribution is 5.68. The number of hydrogen-bond acceptors (Lipinski definition) is 1. The van der Waals surface area contributed by atoms with Crippen LogP contribution in [0.3, 0.4) is 0 Å². The van der Waals surface area contributed by atoms with E-state index in [1.165, 1.54) is 16.9 Å². The van der Waals surface area contributed by atoms with Crippen molar-refractivity contribution in [1.82, 2.24) is 0 Å². The van der Waals surface area contributed by atoms with Crippen molar-refractivity contribution in [1.29, 1.82) is 0 Å². The molecule has 0 saturated heterocycles. The molecule has 0 amide bonds. The van der Waals surface area contributed by atoms with Gasteiger partial charge in [-0.25, -0.2) is 4.57 Å². The van der Waals surface area contributed by atoms with Crippen LogP contribution in [0.25, 0.3) is 12.2 Å². The summed E-state index contributed by atoms with van der Waals surface area (Å²) in [6.07, 6.45) is 6.36. The minimum absolute atomic E-state index is 1.05. The number of nitrogens with zero attached hydrogens (tertiary/aromatic N) is 2. The van der Waals surface area contributed by atoms with E-state index in [2.05, 4.69) is 85.1 Å². The molecular formula is C18H23N2+. The van der Waals surface area contributed by atoms with Gasteiger partial charge >= 0.3 is 0 Å². The summed E-state index contributed by atoms with van der Waals surface area (Å²) in [5.74, 6) is 0. The first-order valence-corrected chi connectivity index (χ1v) is 7.22. The first kappa shape index (κ1) is 14.3. The standard InChI is InChI=1S/C18H23N2/c1-4-20(5-2)18-13-10-16(11-14-18)9-12-17-8-6-7-15-19(17)3/h6-15H,4-5H2,1-3H3/q+1. The number of benzene rings is 1. The Hall–Kier alpha value is -2.09. The van der Waals surface area contributed by atoms with Gasteiger partial charge in [0.2, 0.25) is 5.69 Å². The Kier molecular flexibility index (Phi) is 4.94. The van der Waals surface area contributed by atoms with Gasteiger partial charge in [-0.15, -0.1) is 0 Å². The van der Waals surface area contributed by atoms with Gasteiger partial charge in [0.1, 0.15) is 7.05 Å². The average molecular weight is 267 g/mol. The van der Waals surface area contributed by atoms with E-state index in [9.17, 15) is 0 Å². The summed E-state index contributed by atoms with van der Waals surface area (Å²) in [7, 11) is 2.06. The van der Waals surface area contributed by atoms with Crippen LogP contribution in [-0.2, 0) is 7.05 Å². The van der Waals surface area contributed by atoms with Crippen LogP contribution in [0.15, 0.2) is 48.7 Å². The molecule has 0 spiro atoms. The molecule has 1 aromatic heterocycles. The lowest BCUT2D eigenvalue weighted by atomic mass is 10.1. The van der Waals surface area contributed by atoms with Gasteiger partial charge in [-0.05, 0) is 43.7 Å². The first-order valence-electron chi connectivity index (χ1n) is 7.22. The van der Waals surface area contributed by atoms with Crippen LogP contribution >= 0.6 is 0 Å². The van der Waals surface area contributed by atoms with Crippen LogP contribution in [0.5, 0.6) is 0 Å². The zero-order chi connectivity index (χ0) is 14.4. The summed E-state index contributed by atoms with van der Waals surface area (Å²) in [6.45, 7) is 6.47. The van der Waals surface area contributed by atoms with E-state index in [4.69, 9.17) is 0 Å². The highest BCUT2D eigenvalue weighted by Gasteiger charge is 2.01. The first-order chi connectivity index (χ1) is 9.74. The second kappa shape index (κ2) is 6.90. The van der Waals surface area contributed by atoms with Crippen molar-refractivity contribution in [2.45, 2.75) is 13.8 Å². The molecule has 2 rings (SSSR count). The van der Waals surface area contributed by atoms with Crippen LogP contribution in [0, 0.1) is 0 Å². The maximum atomic E-state index is 2.35. The molecule has 0 radical (unpaired) electrons. The Balaban J connectivity index is 2.13. The monoisotopic (exact) mass is 267 g/mol. The van der Waals surface area contributed by atoms with Crippen LogP contribution in [0.2, 0.25) is 0 Å². The van der Waals surface area contributed by atoms with Crippen LogP contribution in [0.1, 0.15) is 25.1 Å². The van der Waals surface area contributed by atoms with Crippen molar-refractivity contribution < 1.29 is 4.57 Å². The molecule has 0 N–H and O–H groups in total. The summed E-state index contributed by atoms with van der Waals surface area (Å²) in [6, 6.07) is 14.9. The van der Waals surface area contributed by atoms with Gasteiger partial charge < -0.3 is 4.90 Å². The van der Waals surface area contributed by atoms with E-state index in [0.717, 1.165) is 13.1 Å². The topological polar surface area (TPSA) is 7.12 Å². The van der Waals surface area contributed by atoms with Crippen molar-refractivity contribution in [2.24, 2.45) is 7.05 Å². The third-order valence-electron chi connectivity index (χ3n) is 3.56. The SMILES string of the molecule is CCN(CC)c1ccc(C=Cc2cccc[n+]2C)cc1. The lowest BCUT2D eigenvalue weighted by Gasteiger charge is -2.20. The Morgan fingerprint density at radius 1 is 0.950 bits per heavy atom. The molecule has 2 nitrogen and oxygen atoms in total. The fraction of sp³-hybridized carbons (Fsp3) is 0.278. The predicted octanol–water partition coefficient (Wildman–Crippen LogP) is 3.53. The minimum atomic E-state index is 1.05. The quantitative estimate of drug-likeness (QED) is 0.752. The third-order valence-corrected chi connectivity index (χ3v) is 3.56. The molecule has 0 atom stereocenters. The van der Waals surface area contributed by atoms with Gasteiger partial charge in [0.25, 0.3) is 0 Å². The summed E-state index contributed by atoms with van der Waals surface area (Å²) < 4.78 is 2.11. The number of anilines is 1. The molecular weight excluding hydrogens is 244 g/mol. The predicted molar refractivity (Wildman–Crippen MR) is 86.5 cm³/mol. The summed E-state index contributed by atoms with van der Waals surface area (Å²) in [4.78, 5) is 2.35. The molecule has 1 aromatic carbocycles. The molecule has 0 unspecified atom stereocenters. The minimum Gasteiger partial charge on any atom is -0.372 e. The van der Waals surface area contributed by atoms with Crippen molar-refractivity contribution in [3.63, 3.8) is 0 Å². The van der Waals surface area contributed by atoms with E-state index in [1.807, 2.05) is 6.07 Å². The molecule has 0 fully saturated rings. The Morgan fingerprint density at radius 2 is 1.65 bits per heavy atom. The Bertz CT molecular complexity index is 566. The fourth-order valence-electron chi connectivity index (χ4n) is 2.28. The Morgan fingerprint density at radius 3 is 2.25 bits per heavy atom. The number of pyridine rings is 1. The molecule has 0 bridgehead atoms. The fourth-order valence-corrected chi connectivity index (χ4v) is 2.28. The van der Waals surface area contributed by atoms with Crippen molar-refractivity contribution in [3.05, 3.63) is 59.9 Å². The zero-order valence-electron chi connectivity index (χ0n) is 12.6. The van der Waals surface area contributed by atoms with Crippen LogP contribution in [-0.4, -0.2) is 13.1 Å². The molecule has 2 heteroatoms. The van der Waals surface area contributed by atoms with Crippen LogP contribution < -0.4 is 9.47 Å². The van der Waals surface area contributed by atoms with E-state index >= 15 is 0 Å². The number of aromatic nitrogens is 1. The molecule has 104 valence electrons. The molecule has 2 aromatic rings. The van der Waals surface area contributed by atoms with Gasteiger partial charge in [-0.3, -0.25) is 0 Å². The lowest BCUT2D eigenvalue weighted by molar-refractivity contribution is -0.673. The highest BCUT2D eigenvalue weighted by Crippen LogP contribution is 2.16. The summed E-state index contributed by atoms with van der Waals surface area (Å²) in [5, 5.41) is 0. The second-order valence-electron chi connectivity index (χ2n) is 4.83. The number of aryl methyl sites for hydroxylation is 1. The van der Waals surface area contributed by atoms with Gasteiger partial charge in [-0.1, -0.05) is 12.1 Å². The number of rotatable bonds is 5. The number of hydrogen-bond donors (Lipinski definition) is 0. The van der Waals surface area contributed by atoms with Crippen molar-refractivity contribution in [2.75, 3.05) is 18.0 Å². The van der Waals surface area contributed by atoms with E-state index in [1.54, 1.807) is 0 Å². The van der Waals surface area contributed by atoms with Gasteiger partial charge in [-0.2, -0.15) is 0 Å². The largest absolute Gasteiger partial charge is 0.372 e. The maximum absolute atomic E-state index is 2.35. The average Bonchev–Trinajstić information content (AvgIpc) is 2.49. The Labute approximate surface area is 122 Å². The van der Waals surface area contributed by atoms with E-state index < -0.39 is 0 Å². The van der Waals surface area contributed by atoms with E-state index in [0.29, 0.717) is 0 Å². The zero-order valence-corrected chi connectivity index (χ0v) is 12.6. The maximum Gasteiger partial charge on any atom is 0.204 e. The summed E-state index contributed by atoms with van der Waals surface area (Å²) in [5.41, 5.74) is 3.71. The smallest absolute Gasteiger partial charge is 0.204 e. The molecule has 0 saturated carbocycles. The third kappa shape index (κ3) is 3.47. The van der Waals surface area contributed by atoms with Gasteiger partial charge in [0, 0.05) is 37.0 Å². The molecule has 0 aliphatic heterocycles. The van der Waals surface area contributed by atoms with Crippen molar-refractivity contribution >= 4 is 17.8 Å². The second-order valence-corrected chi connectivity index (χ2v) is 4.83. The van der Waals surface area contributed by atoms with Gasteiger partial charge in [0.05, 0.1) is 0 Å². The molecule has 1 heterocycles. The van der Waals surface area contributed by atoms with Crippen molar-refractivity contribution in [3.8, 4) is 0 Å².